The molecule has 0 aromatic rings. The van der Waals surface area contributed by atoms with Crippen LogP contribution in [0.15, 0.2) is 12.2 Å². The van der Waals surface area contributed by atoms with E-state index in [1.807, 2.05) is 12.2 Å². The largest absolute Gasteiger partial charge is 0.393 e. The van der Waals surface area contributed by atoms with Crippen LogP contribution >= 0.6 is 0 Å². The van der Waals surface area contributed by atoms with Crippen LogP contribution in [0.1, 0.15) is 32.6 Å². The summed E-state index contributed by atoms with van der Waals surface area (Å²) in [7, 11) is 0. The number of carbonyl (C=O) groups excluding carboxylic acids is 2. The monoisotopic (exact) mass is 182 g/mol. The van der Waals surface area contributed by atoms with Crippen molar-refractivity contribution in [1.29, 1.82) is 0 Å². The molecule has 0 saturated carbocycles. The lowest BCUT2D eigenvalue weighted by Gasteiger charge is -1.97. The summed E-state index contributed by atoms with van der Waals surface area (Å²) in [6.07, 6.45) is 6.99. The molecule has 0 unspecified atom stereocenters. The highest BCUT2D eigenvalue weighted by Crippen LogP contribution is 2.19. The zero-order chi connectivity index (χ0) is 9.68. The fourth-order valence-corrected chi connectivity index (χ4v) is 1.25. The first-order chi connectivity index (χ1) is 6.24. The highest BCUT2D eigenvalue weighted by atomic mass is 16.6. The lowest BCUT2D eigenvalue weighted by atomic mass is 10.0. The molecule has 72 valence electrons. The van der Waals surface area contributed by atoms with Gasteiger partial charge in [0.15, 0.2) is 0 Å². The molecule has 3 nitrogen and oxygen atoms in total. The number of hydrogen-bond acceptors (Lipinski definition) is 3. The van der Waals surface area contributed by atoms with E-state index in [1.54, 1.807) is 0 Å². The van der Waals surface area contributed by atoms with Gasteiger partial charge in [-0.05, 0) is 12.8 Å². The standard InChI is InChI=1S/C10H14O3/c1-2-3-4-5-6-8-7-9(11)13-10(8)12/h4-5,8H,2-3,6-7H2,1H3/b5-4+/t8-/m1/s1. The van der Waals surface area contributed by atoms with Crippen molar-refractivity contribution in [2.75, 3.05) is 0 Å². The summed E-state index contributed by atoms with van der Waals surface area (Å²) in [6, 6.07) is 0. The third-order valence-electron chi connectivity index (χ3n) is 2.00. The number of esters is 2. The van der Waals surface area contributed by atoms with E-state index in [4.69, 9.17) is 0 Å². The van der Waals surface area contributed by atoms with Crippen molar-refractivity contribution in [1.82, 2.24) is 0 Å². The normalized spacial score (nSPS) is 22.7. The van der Waals surface area contributed by atoms with Crippen molar-refractivity contribution in [3.8, 4) is 0 Å². The third kappa shape index (κ3) is 3.01. The van der Waals surface area contributed by atoms with Crippen molar-refractivity contribution in [2.24, 2.45) is 5.92 Å². The molecule has 1 rings (SSSR count). The topological polar surface area (TPSA) is 43.4 Å². The van der Waals surface area contributed by atoms with Gasteiger partial charge in [-0.15, -0.1) is 0 Å². The quantitative estimate of drug-likeness (QED) is 0.378. The minimum atomic E-state index is -0.390. The highest BCUT2D eigenvalue weighted by Gasteiger charge is 2.31. The van der Waals surface area contributed by atoms with E-state index in [1.165, 1.54) is 0 Å². The Morgan fingerprint density at radius 1 is 1.46 bits per heavy atom. The van der Waals surface area contributed by atoms with Crippen LogP contribution in [0.4, 0.5) is 0 Å². The Hall–Kier alpha value is -1.12. The Kier molecular flexibility index (Phi) is 3.68. The average molecular weight is 182 g/mol. The van der Waals surface area contributed by atoms with Gasteiger partial charge in [-0.1, -0.05) is 25.5 Å². The Bertz CT molecular complexity index is 230. The second-order valence-electron chi connectivity index (χ2n) is 3.19. The summed E-state index contributed by atoms with van der Waals surface area (Å²) < 4.78 is 4.42. The minimum Gasteiger partial charge on any atom is -0.393 e. The van der Waals surface area contributed by atoms with Gasteiger partial charge in [0.25, 0.3) is 0 Å². The van der Waals surface area contributed by atoms with Crippen LogP contribution in [0.5, 0.6) is 0 Å². The number of unbranched alkanes of at least 4 members (excludes halogenated alkanes) is 1. The molecule has 0 aromatic heterocycles. The van der Waals surface area contributed by atoms with Crippen LogP contribution in [0.25, 0.3) is 0 Å². The van der Waals surface area contributed by atoms with Gasteiger partial charge in [0, 0.05) is 0 Å². The van der Waals surface area contributed by atoms with E-state index in [2.05, 4.69) is 11.7 Å². The SMILES string of the molecule is CCC/C=C/C[C@@H]1CC(=O)OC1=O. The molecular weight excluding hydrogens is 168 g/mol. The summed E-state index contributed by atoms with van der Waals surface area (Å²) >= 11 is 0. The zero-order valence-corrected chi connectivity index (χ0v) is 7.79. The van der Waals surface area contributed by atoms with Gasteiger partial charge in [0.2, 0.25) is 0 Å². The fourth-order valence-electron chi connectivity index (χ4n) is 1.25. The molecule has 0 spiro atoms. The summed E-state index contributed by atoms with van der Waals surface area (Å²) in [5.74, 6) is -0.995. The van der Waals surface area contributed by atoms with Crippen LogP contribution in [-0.4, -0.2) is 11.9 Å². The molecule has 1 aliphatic heterocycles. The Labute approximate surface area is 77.8 Å². The van der Waals surface area contributed by atoms with Gasteiger partial charge in [0.05, 0.1) is 12.3 Å². The first-order valence-electron chi connectivity index (χ1n) is 4.63. The molecule has 1 saturated heterocycles. The molecule has 0 N–H and O–H groups in total. The van der Waals surface area contributed by atoms with Crippen molar-refractivity contribution in [3.05, 3.63) is 12.2 Å². The van der Waals surface area contributed by atoms with E-state index in [9.17, 15) is 9.59 Å². The molecule has 0 aliphatic carbocycles. The smallest absolute Gasteiger partial charge is 0.317 e. The summed E-state index contributed by atoms with van der Waals surface area (Å²) in [5, 5.41) is 0. The highest BCUT2D eigenvalue weighted by molar-refractivity contribution is 5.94. The van der Waals surface area contributed by atoms with Crippen molar-refractivity contribution in [3.63, 3.8) is 0 Å². The first-order valence-corrected chi connectivity index (χ1v) is 4.63. The molecule has 3 heteroatoms. The van der Waals surface area contributed by atoms with Crippen LogP contribution in [0.3, 0.4) is 0 Å². The van der Waals surface area contributed by atoms with Crippen molar-refractivity contribution in [2.45, 2.75) is 32.6 Å². The van der Waals surface area contributed by atoms with Gasteiger partial charge in [0.1, 0.15) is 0 Å². The lowest BCUT2D eigenvalue weighted by Crippen LogP contribution is -2.05. The minimum absolute atomic E-state index is 0.236. The van der Waals surface area contributed by atoms with Gasteiger partial charge >= 0.3 is 11.9 Å². The summed E-state index contributed by atoms with van der Waals surface area (Å²) in [5.41, 5.74) is 0. The average Bonchev–Trinajstić information content (AvgIpc) is 2.39. The third-order valence-corrected chi connectivity index (χ3v) is 2.00. The maximum absolute atomic E-state index is 11.0. The molecular formula is C10H14O3. The number of hydrogen-bond donors (Lipinski definition) is 0. The predicted octanol–water partition coefficient (Wildman–Crippen LogP) is 1.82. The second-order valence-corrected chi connectivity index (χ2v) is 3.19. The maximum Gasteiger partial charge on any atom is 0.317 e. The molecule has 13 heavy (non-hydrogen) atoms. The molecule has 0 amide bonds. The number of ether oxygens (including phenoxy) is 1. The van der Waals surface area contributed by atoms with E-state index in [-0.39, 0.29) is 24.3 Å². The Morgan fingerprint density at radius 3 is 2.77 bits per heavy atom. The van der Waals surface area contributed by atoms with Crippen LogP contribution in [0, 0.1) is 5.92 Å². The van der Waals surface area contributed by atoms with Crippen molar-refractivity contribution >= 4 is 11.9 Å². The maximum atomic E-state index is 11.0. The second kappa shape index (κ2) is 4.80. The predicted molar refractivity (Wildman–Crippen MR) is 47.9 cm³/mol. The Balaban J connectivity index is 2.29. The zero-order valence-electron chi connectivity index (χ0n) is 7.79. The van der Waals surface area contributed by atoms with Gasteiger partial charge < -0.3 is 4.74 Å². The van der Waals surface area contributed by atoms with E-state index in [0.29, 0.717) is 6.42 Å². The van der Waals surface area contributed by atoms with E-state index in [0.717, 1.165) is 12.8 Å². The fraction of sp³-hybridized carbons (Fsp3) is 0.600. The Morgan fingerprint density at radius 2 is 2.23 bits per heavy atom. The molecule has 0 radical (unpaired) electrons. The van der Waals surface area contributed by atoms with E-state index < -0.39 is 0 Å². The lowest BCUT2D eigenvalue weighted by molar-refractivity contribution is -0.153. The first kappa shape index (κ1) is 9.96. The number of carbonyl (C=O) groups is 2. The van der Waals surface area contributed by atoms with Crippen LogP contribution in [-0.2, 0) is 14.3 Å². The van der Waals surface area contributed by atoms with Gasteiger partial charge in [-0.2, -0.15) is 0 Å². The number of allylic oxidation sites excluding steroid dienone is 2. The van der Waals surface area contributed by atoms with Crippen LogP contribution < -0.4 is 0 Å². The summed E-state index contributed by atoms with van der Waals surface area (Å²) in [6.45, 7) is 2.09. The molecule has 0 bridgehead atoms. The van der Waals surface area contributed by atoms with E-state index >= 15 is 0 Å². The number of cyclic esters (lactones) is 2. The summed E-state index contributed by atoms with van der Waals surface area (Å²) in [4.78, 5) is 21.7. The molecule has 1 fully saturated rings. The molecule has 1 atom stereocenters. The number of rotatable bonds is 4. The molecule has 0 aromatic carbocycles. The molecule has 1 heterocycles. The van der Waals surface area contributed by atoms with Crippen molar-refractivity contribution < 1.29 is 14.3 Å². The van der Waals surface area contributed by atoms with Gasteiger partial charge in [-0.3, -0.25) is 9.59 Å². The van der Waals surface area contributed by atoms with Gasteiger partial charge in [-0.25, -0.2) is 0 Å². The van der Waals surface area contributed by atoms with Crippen LogP contribution in [0.2, 0.25) is 0 Å². The molecule has 1 aliphatic rings.